The highest BCUT2D eigenvalue weighted by Crippen LogP contribution is 2.26. The van der Waals surface area contributed by atoms with Crippen molar-refractivity contribution in [3.63, 3.8) is 0 Å². The van der Waals surface area contributed by atoms with E-state index in [2.05, 4.69) is 4.90 Å². The quantitative estimate of drug-likeness (QED) is 0.728. The largest absolute Gasteiger partial charge is 0.371 e. The van der Waals surface area contributed by atoms with Crippen molar-refractivity contribution in [2.45, 2.75) is 19.8 Å². The lowest BCUT2D eigenvalue weighted by Crippen LogP contribution is -2.19. The summed E-state index contributed by atoms with van der Waals surface area (Å²) in [7, 11) is 0. The minimum Gasteiger partial charge on any atom is -0.371 e. The molecule has 2 rings (SSSR count). The molecule has 0 N–H and O–H groups in total. The van der Waals surface area contributed by atoms with Gasteiger partial charge < -0.3 is 4.90 Å². The van der Waals surface area contributed by atoms with Crippen LogP contribution in [-0.4, -0.2) is 25.7 Å². The molecule has 1 aliphatic rings. The highest BCUT2D eigenvalue weighted by atomic mass is 16.1. The van der Waals surface area contributed by atoms with E-state index in [0.717, 1.165) is 36.9 Å². The Morgan fingerprint density at radius 1 is 1.06 bits per heavy atom. The second-order valence-electron chi connectivity index (χ2n) is 4.20. The van der Waals surface area contributed by atoms with E-state index in [9.17, 15) is 9.59 Å². The molecule has 0 bridgehead atoms. The smallest absolute Gasteiger partial charge is 0.152 e. The van der Waals surface area contributed by atoms with Crippen molar-refractivity contribution in [3.8, 4) is 0 Å². The molecule has 0 amide bonds. The normalized spacial score (nSPS) is 15.2. The van der Waals surface area contributed by atoms with Crippen molar-refractivity contribution in [1.29, 1.82) is 0 Å². The van der Waals surface area contributed by atoms with Gasteiger partial charge in [0.1, 0.15) is 6.29 Å². The zero-order valence-electron chi connectivity index (χ0n) is 9.40. The summed E-state index contributed by atoms with van der Waals surface area (Å²) in [4.78, 5) is 24.0. The third-order valence-electron chi connectivity index (χ3n) is 3.12. The molecule has 0 saturated carbocycles. The van der Waals surface area contributed by atoms with Gasteiger partial charge in [-0.2, -0.15) is 0 Å². The summed E-state index contributed by atoms with van der Waals surface area (Å²) >= 11 is 0. The molecule has 1 fully saturated rings. The van der Waals surface area contributed by atoms with Gasteiger partial charge in [-0.15, -0.1) is 0 Å². The maximum atomic E-state index is 11.0. The van der Waals surface area contributed by atoms with Gasteiger partial charge >= 0.3 is 0 Å². The fraction of sp³-hybridized carbons (Fsp3) is 0.385. The molecular weight excluding hydrogens is 202 g/mol. The molecule has 16 heavy (non-hydrogen) atoms. The Bertz CT molecular complexity index is 420. The van der Waals surface area contributed by atoms with Gasteiger partial charge in [0.15, 0.2) is 6.29 Å². The van der Waals surface area contributed by atoms with Crippen molar-refractivity contribution >= 4 is 18.3 Å². The topological polar surface area (TPSA) is 37.4 Å². The van der Waals surface area contributed by atoms with E-state index in [1.54, 1.807) is 6.07 Å². The first-order valence-electron chi connectivity index (χ1n) is 5.56. The standard InChI is InChI=1S/C13H15NO2/c1-10-6-13(14-4-2-3-5-14)12(9-16)7-11(10)8-15/h6-9H,2-5H2,1H3. The van der Waals surface area contributed by atoms with Crippen molar-refractivity contribution in [2.24, 2.45) is 0 Å². The maximum Gasteiger partial charge on any atom is 0.152 e. The third-order valence-corrected chi connectivity index (χ3v) is 3.12. The van der Waals surface area contributed by atoms with Gasteiger partial charge in [0.25, 0.3) is 0 Å². The summed E-state index contributed by atoms with van der Waals surface area (Å²) in [5.41, 5.74) is 3.12. The van der Waals surface area contributed by atoms with Gasteiger partial charge in [0, 0.05) is 29.9 Å². The predicted molar refractivity (Wildman–Crippen MR) is 63.4 cm³/mol. The molecule has 1 heterocycles. The number of aldehydes is 2. The van der Waals surface area contributed by atoms with E-state index in [4.69, 9.17) is 0 Å². The van der Waals surface area contributed by atoms with Crippen LogP contribution in [-0.2, 0) is 0 Å². The van der Waals surface area contributed by atoms with E-state index in [1.165, 1.54) is 12.8 Å². The van der Waals surface area contributed by atoms with Crippen LogP contribution in [0.5, 0.6) is 0 Å². The average Bonchev–Trinajstić information content (AvgIpc) is 2.82. The molecule has 1 aromatic rings. The highest BCUT2D eigenvalue weighted by molar-refractivity contribution is 5.90. The second kappa shape index (κ2) is 4.47. The van der Waals surface area contributed by atoms with Crippen molar-refractivity contribution in [2.75, 3.05) is 18.0 Å². The molecule has 0 atom stereocenters. The number of carbonyl (C=O) groups excluding carboxylic acids is 2. The Balaban J connectivity index is 2.46. The first-order valence-corrected chi connectivity index (χ1v) is 5.56. The van der Waals surface area contributed by atoms with Crippen molar-refractivity contribution in [1.82, 2.24) is 0 Å². The van der Waals surface area contributed by atoms with E-state index < -0.39 is 0 Å². The van der Waals surface area contributed by atoms with Crippen LogP contribution in [0.25, 0.3) is 0 Å². The molecule has 1 aliphatic heterocycles. The lowest BCUT2D eigenvalue weighted by molar-refractivity contribution is 0.112. The Hall–Kier alpha value is -1.64. The molecule has 3 heteroatoms. The summed E-state index contributed by atoms with van der Waals surface area (Å²) in [6, 6.07) is 3.63. The van der Waals surface area contributed by atoms with Gasteiger partial charge in [-0.1, -0.05) is 0 Å². The molecule has 0 radical (unpaired) electrons. The van der Waals surface area contributed by atoms with Crippen LogP contribution < -0.4 is 4.90 Å². The lowest BCUT2D eigenvalue weighted by Gasteiger charge is -2.20. The van der Waals surface area contributed by atoms with Gasteiger partial charge in [-0.3, -0.25) is 9.59 Å². The first-order chi connectivity index (χ1) is 7.76. The molecule has 0 aromatic heterocycles. The Morgan fingerprint density at radius 3 is 2.25 bits per heavy atom. The highest BCUT2D eigenvalue weighted by Gasteiger charge is 2.16. The Labute approximate surface area is 95.1 Å². The molecule has 0 aliphatic carbocycles. The van der Waals surface area contributed by atoms with E-state index in [-0.39, 0.29) is 0 Å². The van der Waals surface area contributed by atoms with Crippen LogP contribution in [0.15, 0.2) is 12.1 Å². The van der Waals surface area contributed by atoms with Gasteiger partial charge in [-0.25, -0.2) is 0 Å². The van der Waals surface area contributed by atoms with Crippen LogP contribution in [0.4, 0.5) is 5.69 Å². The summed E-state index contributed by atoms with van der Waals surface area (Å²) in [6.45, 7) is 3.90. The number of benzene rings is 1. The maximum absolute atomic E-state index is 11.0. The summed E-state index contributed by atoms with van der Waals surface area (Å²) < 4.78 is 0. The van der Waals surface area contributed by atoms with E-state index >= 15 is 0 Å². The number of carbonyl (C=O) groups is 2. The molecule has 84 valence electrons. The van der Waals surface area contributed by atoms with E-state index in [0.29, 0.717) is 11.1 Å². The Kier molecular flexibility index (Phi) is 3.04. The number of nitrogens with zero attached hydrogens (tertiary/aromatic N) is 1. The monoisotopic (exact) mass is 217 g/mol. The van der Waals surface area contributed by atoms with Crippen molar-refractivity contribution in [3.05, 3.63) is 28.8 Å². The number of aryl methyl sites for hydroxylation is 1. The lowest BCUT2D eigenvalue weighted by atomic mass is 10.0. The summed E-state index contributed by atoms with van der Waals surface area (Å²) in [5.74, 6) is 0. The number of hydrogen-bond donors (Lipinski definition) is 0. The minimum absolute atomic E-state index is 0.602. The second-order valence-corrected chi connectivity index (χ2v) is 4.20. The fourth-order valence-electron chi connectivity index (χ4n) is 2.18. The zero-order chi connectivity index (χ0) is 11.5. The molecule has 0 spiro atoms. The van der Waals surface area contributed by atoms with Crippen LogP contribution in [0.1, 0.15) is 39.1 Å². The van der Waals surface area contributed by atoms with Crippen LogP contribution in [0.2, 0.25) is 0 Å². The molecule has 0 unspecified atom stereocenters. The fourth-order valence-corrected chi connectivity index (χ4v) is 2.18. The Morgan fingerprint density at radius 2 is 1.69 bits per heavy atom. The SMILES string of the molecule is Cc1cc(N2CCCC2)c(C=O)cc1C=O. The van der Waals surface area contributed by atoms with Gasteiger partial charge in [-0.05, 0) is 37.5 Å². The average molecular weight is 217 g/mol. The minimum atomic E-state index is 0.602. The van der Waals surface area contributed by atoms with Gasteiger partial charge in [0.05, 0.1) is 0 Å². The van der Waals surface area contributed by atoms with Gasteiger partial charge in [0.2, 0.25) is 0 Å². The number of rotatable bonds is 3. The zero-order valence-corrected chi connectivity index (χ0v) is 9.40. The van der Waals surface area contributed by atoms with Crippen molar-refractivity contribution < 1.29 is 9.59 Å². The molecular formula is C13H15NO2. The van der Waals surface area contributed by atoms with Crippen LogP contribution >= 0.6 is 0 Å². The number of hydrogen-bond acceptors (Lipinski definition) is 3. The number of anilines is 1. The predicted octanol–water partition coefficient (Wildman–Crippen LogP) is 2.22. The van der Waals surface area contributed by atoms with Crippen LogP contribution in [0.3, 0.4) is 0 Å². The van der Waals surface area contributed by atoms with E-state index in [1.807, 2.05) is 13.0 Å². The molecule has 1 aromatic carbocycles. The summed E-state index contributed by atoms with van der Waals surface area (Å²) in [5, 5.41) is 0. The summed E-state index contributed by atoms with van der Waals surface area (Å²) in [6.07, 6.45) is 3.98. The molecule has 3 nitrogen and oxygen atoms in total. The first kappa shape index (κ1) is 10.9. The third kappa shape index (κ3) is 1.85. The molecule has 1 saturated heterocycles. The van der Waals surface area contributed by atoms with Crippen LogP contribution in [0, 0.1) is 6.92 Å².